The molecule has 1 fully saturated rings. The van der Waals surface area contributed by atoms with Crippen molar-refractivity contribution in [3.63, 3.8) is 0 Å². The molecule has 9 heteroatoms. The fourth-order valence-corrected chi connectivity index (χ4v) is 6.17. The van der Waals surface area contributed by atoms with Crippen LogP contribution in [0.4, 0.5) is 0 Å². The highest BCUT2D eigenvalue weighted by molar-refractivity contribution is 7.99. The molecule has 0 unspecified atom stereocenters. The largest absolute Gasteiger partial charge is 0.618 e. The molecule has 228 valence electrons. The van der Waals surface area contributed by atoms with Crippen LogP contribution >= 0.6 is 11.8 Å². The molecule has 1 aliphatic heterocycles. The lowest BCUT2D eigenvalue weighted by Gasteiger charge is -2.36. The first-order chi connectivity index (χ1) is 22.1. The number of rotatable bonds is 10. The molecule has 2 N–H and O–H groups in total. The second kappa shape index (κ2) is 14.5. The zero-order valence-corrected chi connectivity index (χ0v) is 25.3. The highest BCUT2D eigenvalue weighted by Gasteiger charge is 2.33. The van der Waals surface area contributed by atoms with Crippen molar-refractivity contribution >= 4 is 17.7 Å². The van der Waals surface area contributed by atoms with Crippen molar-refractivity contribution in [3.8, 4) is 11.1 Å². The minimum Gasteiger partial charge on any atom is -0.618 e. The SMILES string of the molecule is O=C(NCc1cccc(-c2cccc([C@H]3O[C@@H](CSc4cccc[n+]4[O-])C[C@@H](c4ccc(CO)cc4)O3)c2)c1)c1cccnc1. The van der Waals surface area contributed by atoms with E-state index in [1.165, 1.54) is 18.0 Å². The van der Waals surface area contributed by atoms with Gasteiger partial charge in [0.2, 0.25) is 0 Å². The lowest BCUT2D eigenvalue weighted by molar-refractivity contribution is -0.645. The number of aliphatic hydroxyl groups is 1. The van der Waals surface area contributed by atoms with E-state index in [1.807, 2.05) is 72.8 Å². The molecule has 1 amide bonds. The van der Waals surface area contributed by atoms with Crippen molar-refractivity contribution in [1.82, 2.24) is 10.3 Å². The van der Waals surface area contributed by atoms with Gasteiger partial charge in [-0.1, -0.05) is 72.4 Å². The Morgan fingerprint density at radius 1 is 0.911 bits per heavy atom. The summed E-state index contributed by atoms with van der Waals surface area (Å²) in [5, 5.41) is 25.3. The van der Waals surface area contributed by atoms with Crippen LogP contribution in [-0.2, 0) is 22.6 Å². The average molecular weight is 620 g/mol. The number of pyridine rings is 2. The quantitative estimate of drug-likeness (QED) is 0.110. The predicted molar refractivity (Wildman–Crippen MR) is 172 cm³/mol. The third kappa shape index (κ3) is 7.76. The van der Waals surface area contributed by atoms with E-state index in [1.54, 1.807) is 30.6 Å². The molecule has 8 nitrogen and oxygen atoms in total. The first kappa shape index (κ1) is 30.5. The van der Waals surface area contributed by atoms with E-state index in [0.717, 1.165) is 38.1 Å². The Labute approximate surface area is 266 Å². The van der Waals surface area contributed by atoms with E-state index in [2.05, 4.69) is 22.4 Å². The summed E-state index contributed by atoms with van der Waals surface area (Å²) in [5.74, 6) is 0.414. The number of nitrogens with zero attached hydrogens (tertiary/aromatic N) is 2. The summed E-state index contributed by atoms with van der Waals surface area (Å²) < 4.78 is 13.9. The number of thioether (sulfide) groups is 1. The third-order valence-electron chi connectivity index (χ3n) is 7.62. The number of benzene rings is 3. The molecular weight excluding hydrogens is 586 g/mol. The van der Waals surface area contributed by atoms with Crippen LogP contribution in [0.5, 0.6) is 0 Å². The number of carbonyl (C=O) groups excluding carboxylic acids is 1. The number of hydrogen-bond donors (Lipinski definition) is 2. The van der Waals surface area contributed by atoms with Crippen molar-refractivity contribution in [3.05, 3.63) is 155 Å². The Morgan fingerprint density at radius 3 is 2.51 bits per heavy atom. The average Bonchev–Trinajstić information content (AvgIpc) is 3.10. The Hall–Kier alpha value is -4.54. The van der Waals surface area contributed by atoms with Crippen molar-refractivity contribution < 1.29 is 24.1 Å². The van der Waals surface area contributed by atoms with Crippen LogP contribution in [0, 0.1) is 5.21 Å². The molecule has 1 saturated heterocycles. The van der Waals surface area contributed by atoms with Gasteiger partial charge >= 0.3 is 0 Å². The van der Waals surface area contributed by atoms with Gasteiger partial charge in [-0.15, -0.1) is 0 Å². The lowest BCUT2D eigenvalue weighted by Crippen LogP contribution is -2.32. The predicted octanol–water partition coefficient (Wildman–Crippen LogP) is 6.14. The summed E-state index contributed by atoms with van der Waals surface area (Å²) in [6.45, 7) is 0.366. The van der Waals surface area contributed by atoms with Crippen molar-refractivity contribution in [2.24, 2.45) is 0 Å². The number of amides is 1. The van der Waals surface area contributed by atoms with Gasteiger partial charge < -0.3 is 25.1 Å². The Morgan fingerprint density at radius 2 is 1.73 bits per heavy atom. The van der Waals surface area contributed by atoms with E-state index in [9.17, 15) is 15.1 Å². The first-order valence-electron chi connectivity index (χ1n) is 14.7. The first-order valence-corrected chi connectivity index (χ1v) is 15.7. The van der Waals surface area contributed by atoms with Crippen LogP contribution < -0.4 is 10.0 Å². The molecule has 0 aliphatic carbocycles. The van der Waals surface area contributed by atoms with E-state index >= 15 is 0 Å². The molecular formula is C36H33N3O5S. The normalized spacial score (nSPS) is 17.9. The third-order valence-corrected chi connectivity index (χ3v) is 8.77. The van der Waals surface area contributed by atoms with Gasteiger partial charge in [0.1, 0.15) is 0 Å². The minimum absolute atomic E-state index is 0.0199. The zero-order chi connectivity index (χ0) is 31.0. The van der Waals surface area contributed by atoms with Gasteiger partial charge in [0, 0.05) is 48.8 Å². The molecule has 0 bridgehead atoms. The molecule has 45 heavy (non-hydrogen) atoms. The summed E-state index contributed by atoms with van der Waals surface area (Å²) in [7, 11) is 0. The number of ether oxygens (including phenoxy) is 2. The standard InChI is InChI=1S/C36H33N3O5S/c40-23-25-12-14-27(15-13-25)33-20-32(24-45-34-11-1-2-17-39(34)42)43-36(44-33)30-9-4-8-29(19-30)28-7-3-6-26(18-28)21-38-35(41)31-10-5-16-37-22-31/h1-19,22,32-33,36,40H,20-21,23-24H2,(H,38,41)/t32-,33+,36+/m1/s1. The fourth-order valence-electron chi connectivity index (χ4n) is 5.23. The summed E-state index contributed by atoms with van der Waals surface area (Å²) in [6, 6.07) is 32.8. The Kier molecular flexibility index (Phi) is 9.82. The van der Waals surface area contributed by atoms with E-state index in [0.29, 0.717) is 29.3 Å². The molecule has 6 rings (SSSR count). The molecule has 0 saturated carbocycles. The number of aliphatic hydroxyl groups excluding tert-OH is 1. The van der Waals surface area contributed by atoms with Crippen LogP contribution in [0.2, 0.25) is 0 Å². The van der Waals surface area contributed by atoms with Gasteiger partial charge in [0.05, 0.1) is 24.4 Å². The molecule has 3 aromatic carbocycles. The maximum atomic E-state index is 12.5. The second-order valence-electron chi connectivity index (χ2n) is 10.8. The zero-order valence-electron chi connectivity index (χ0n) is 24.5. The molecule has 0 radical (unpaired) electrons. The lowest BCUT2D eigenvalue weighted by atomic mass is 9.99. The van der Waals surface area contributed by atoms with Gasteiger partial charge in [-0.3, -0.25) is 9.78 Å². The summed E-state index contributed by atoms with van der Waals surface area (Å²) in [6.07, 6.45) is 4.28. The van der Waals surface area contributed by atoms with Crippen LogP contribution in [0.15, 0.2) is 127 Å². The Bertz CT molecular complexity index is 1730. The topological polar surface area (TPSA) is 108 Å². The molecule has 3 heterocycles. The van der Waals surface area contributed by atoms with Gasteiger partial charge in [-0.05, 0) is 58.1 Å². The van der Waals surface area contributed by atoms with E-state index in [4.69, 9.17) is 9.47 Å². The highest BCUT2D eigenvalue weighted by Crippen LogP contribution is 2.40. The summed E-state index contributed by atoms with van der Waals surface area (Å²) >= 11 is 1.46. The highest BCUT2D eigenvalue weighted by atomic mass is 32.2. The molecule has 1 aliphatic rings. The number of carbonyl (C=O) groups is 1. The van der Waals surface area contributed by atoms with Crippen LogP contribution in [0.25, 0.3) is 11.1 Å². The maximum Gasteiger partial charge on any atom is 0.253 e. The second-order valence-corrected chi connectivity index (χ2v) is 11.8. The molecule has 5 aromatic rings. The van der Waals surface area contributed by atoms with Crippen molar-refractivity contribution in [2.45, 2.75) is 43.1 Å². The van der Waals surface area contributed by atoms with E-state index < -0.39 is 6.29 Å². The molecule has 3 atom stereocenters. The van der Waals surface area contributed by atoms with Crippen LogP contribution in [0.3, 0.4) is 0 Å². The van der Waals surface area contributed by atoms with Crippen molar-refractivity contribution in [1.29, 1.82) is 0 Å². The monoisotopic (exact) mass is 619 g/mol. The van der Waals surface area contributed by atoms with Gasteiger partial charge in [0.15, 0.2) is 12.5 Å². The number of aromatic nitrogens is 2. The van der Waals surface area contributed by atoms with Gasteiger partial charge in [-0.2, -0.15) is 4.73 Å². The van der Waals surface area contributed by atoms with Crippen LogP contribution in [-0.4, -0.2) is 27.9 Å². The summed E-state index contributed by atoms with van der Waals surface area (Å²) in [5.41, 5.74) is 6.22. The number of nitrogens with one attached hydrogen (secondary N) is 1. The Balaban J connectivity index is 1.20. The van der Waals surface area contributed by atoms with Crippen LogP contribution in [0.1, 0.15) is 51.4 Å². The summed E-state index contributed by atoms with van der Waals surface area (Å²) in [4.78, 5) is 16.5. The number of hydrogen-bond acceptors (Lipinski definition) is 7. The van der Waals surface area contributed by atoms with Gasteiger partial charge in [-0.25, -0.2) is 0 Å². The minimum atomic E-state index is -0.621. The smallest absolute Gasteiger partial charge is 0.253 e. The molecule has 0 spiro atoms. The fraction of sp³-hybridized carbons (Fsp3) is 0.194. The maximum absolute atomic E-state index is 12.5. The molecule has 2 aromatic heterocycles. The van der Waals surface area contributed by atoms with E-state index in [-0.39, 0.29) is 24.7 Å². The van der Waals surface area contributed by atoms with Gasteiger partial charge in [0.25, 0.3) is 10.9 Å². The van der Waals surface area contributed by atoms with Crippen molar-refractivity contribution in [2.75, 3.05) is 5.75 Å².